The van der Waals surface area contributed by atoms with Crippen LogP contribution in [0.1, 0.15) is 21.5 Å². The quantitative estimate of drug-likeness (QED) is 0.660. The van der Waals surface area contributed by atoms with Crippen molar-refractivity contribution in [1.82, 2.24) is 5.16 Å². The zero-order chi connectivity index (χ0) is 18.0. The molecule has 128 valence electrons. The van der Waals surface area contributed by atoms with E-state index in [-0.39, 0.29) is 5.97 Å². The summed E-state index contributed by atoms with van der Waals surface area (Å²) in [5.41, 5.74) is 5.34. The molecular formula is C20H19NO4. The smallest absolute Gasteiger partial charge is 0.337 e. The molecule has 0 aliphatic rings. The van der Waals surface area contributed by atoms with Gasteiger partial charge >= 0.3 is 5.97 Å². The summed E-state index contributed by atoms with van der Waals surface area (Å²) in [5, 5.41) is 3.95. The van der Waals surface area contributed by atoms with E-state index in [2.05, 4.69) is 5.16 Å². The Morgan fingerprint density at radius 2 is 1.76 bits per heavy atom. The van der Waals surface area contributed by atoms with Gasteiger partial charge in [-0.2, -0.15) is 0 Å². The molecule has 25 heavy (non-hydrogen) atoms. The molecule has 5 heteroatoms. The zero-order valence-corrected chi connectivity index (χ0v) is 14.6. The van der Waals surface area contributed by atoms with Crippen LogP contribution in [0.4, 0.5) is 0 Å². The molecule has 0 N–H and O–H groups in total. The van der Waals surface area contributed by atoms with Crippen molar-refractivity contribution in [2.24, 2.45) is 0 Å². The Hall–Kier alpha value is -3.08. The topological polar surface area (TPSA) is 61.6 Å². The summed E-state index contributed by atoms with van der Waals surface area (Å²) in [6.45, 7) is 4.05. The van der Waals surface area contributed by atoms with Gasteiger partial charge in [0.1, 0.15) is 5.75 Å². The van der Waals surface area contributed by atoms with Gasteiger partial charge in [-0.1, -0.05) is 17.3 Å². The molecule has 0 aliphatic heterocycles. The average molecular weight is 337 g/mol. The summed E-state index contributed by atoms with van der Waals surface area (Å²) in [7, 11) is 3.01. The minimum Gasteiger partial charge on any atom is -0.496 e. The number of rotatable bonds is 4. The monoisotopic (exact) mass is 337 g/mol. The molecule has 0 spiro atoms. The van der Waals surface area contributed by atoms with Gasteiger partial charge in [-0.25, -0.2) is 4.79 Å². The molecule has 3 aromatic rings. The first-order valence-electron chi connectivity index (χ1n) is 7.84. The first kappa shape index (κ1) is 16.8. The maximum absolute atomic E-state index is 11.6. The molecule has 0 unspecified atom stereocenters. The Morgan fingerprint density at radius 3 is 2.40 bits per heavy atom. The van der Waals surface area contributed by atoms with Crippen LogP contribution >= 0.6 is 0 Å². The fourth-order valence-corrected chi connectivity index (χ4v) is 2.73. The van der Waals surface area contributed by atoms with E-state index in [9.17, 15) is 4.79 Å². The van der Waals surface area contributed by atoms with E-state index in [0.29, 0.717) is 11.3 Å². The highest BCUT2D eigenvalue weighted by atomic mass is 16.5. The predicted octanol–water partition coefficient (Wildman–Crippen LogP) is 4.42. The number of aryl methyl sites for hydroxylation is 1. The van der Waals surface area contributed by atoms with Crippen LogP contribution in [-0.2, 0) is 4.74 Å². The summed E-state index contributed by atoms with van der Waals surface area (Å²) in [5.74, 6) is 1.10. The van der Waals surface area contributed by atoms with Crippen LogP contribution in [0.15, 0.2) is 47.1 Å². The van der Waals surface area contributed by atoms with Crippen molar-refractivity contribution in [3.63, 3.8) is 0 Å². The zero-order valence-electron chi connectivity index (χ0n) is 14.6. The molecule has 0 radical (unpaired) electrons. The number of esters is 1. The molecule has 2 aromatic carbocycles. The lowest BCUT2D eigenvalue weighted by atomic mass is 9.98. The maximum atomic E-state index is 11.6. The number of hydrogen-bond acceptors (Lipinski definition) is 5. The fraction of sp³-hybridized carbons (Fsp3) is 0.200. The standard InChI is InChI=1S/C20H19NO4/c1-12-9-16(10-18(23-3)13(12)2)19-17(11-21-25-19)14-5-7-15(8-6-14)20(22)24-4/h5-11H,1-4H3. The molecule has 0 aliphatic carbocycles. The van der Waals surface area contributed by atoms with E-state index >= 15 is 0 Å². The van der Waals surface area contributed by atoms with Gasteiger partial charge in [0.15, 0.2) is 5.76 Å². The number of hydrogen-bond donors (Lipinski definition) is 0. The average Bonchev–Trinajstić information content (AvgIpc) is 3.13. The lowest BCUT2D eigenvalue weighted by Gasteiger charge is -2.10. The van der Waals surface area contributed by atoms with E-state index in [1.54, 1.807) is 25.4 Å². The van der Waals surface area contributed by atoms with Crippen LogP contribution in [0.2, 0.25) is 0 Å². The number of nitrogens with zero attached hydrogens (tertiary/aromatic N) is 1. The molecule has 3 rings (SSSR count). The maximum Gasteiger partial charge on any atom is 0.337 e. The van der Waals surface area contributed by atoms with E-state index in [4.69, 9.17) is 14.0 Å². The Labute approximate surface area is 146 Å². The molecule has 0 bridgehead atoms. The normalized spacial score (nSPS) is 10.6. The van der Waals surface area contributed by atoms with Gasteiger partial charge in [0.05, 0.1) is 26.0 Å². The molecule has 1 heterocycles. The minimum absolute atomic E-state index is 0.365. The van der Waals surface area contributed by atoms with Crippen molar-refractivity contribution in [2.75, 3.05) is 14.2 Å². The van der Waals surface area contributed by atoms with Gasteiger partial charge in [-0.15, -0.1) is 0 Å². The first-order chi connectivity index (χ1) is 12.0. The number of ether oxygens (including phenoxy) is 2. The highest BCUT2D eigenvalue weighted by Crippen LogP contribution is 2.36. The third-order valence-electron chi connectivity index (χ3n) is 4.29. The molecule has 0 atom stereocenters. The Bertz CT molecular complexity index is 910. The predicted molar refractivity (Wildman–Crippen MR) is 94.7 cm³/mol. The van der Waals surface area contributed by atoms with Crippen molar-refractivity contribution >= 4 is 5.97 Å². The van der Waals surface area contributed by atoms with E-state index in [1.807, 2.05) is 38.1 Å². The van der Waals surface area contributed by atoms with Gasteiger partial charge in [0.2, 0.25) is 0 Å². The Morgan fingerprint density at radius 1 is 1.04 bits per heavy atom. The number of methoxy groups -OCH3 is 2. The summed E-state index contributed by atoms with van der Waals surface area (Å²) >= 11 is 0. The van der Waals surface area contributed by atoms with Crippen molar-refractivity contribution < 1.29 is 18.8 Å². The molecular weight excluding hydrogens is 318 g/mol. The van der Waals surface area contributed by atoms with Crippen LogP contribution in [0.5, 0.6) is 5.75 Å². The number of carbonyl (C=O) groups is 1. The lowest BCUT2D eigenvalue weighted by molar-refractivity contribution is 0.0601. The van der Waals surface area contributed by atoms with Crippen molar-refractivity contribution in [2.45, 2.75) is 13.8 Å². The molecule has 0 saturated heterocycles. The highest BCUT2D eigenvalue weighted by molar-refractivity contribution is 5.90. The van der Waals surface area contributed by atoms with Gasteiger partial charge in [0.25, 0.3) is 0 Å². The summed E-state index contributed by atoms with van der Waals surface area (Å²) < 4.78 is 15.7. The van der Waals surface area contributed by atoms with Gasteiger partial charge in [-0.05, 0) is 54.8 Å². The molecule has 1 aromatic heterocycles. The Balaban J connectivity index is 2.04. The minimum atomic E-state index is -0.365. The van der Waals surface area contributed by atoms with Gasteiger partial charge in [-0.3, -0.25) is 0 Å². The SMILES string of the molecule is COC(=O)c1ccc(-c2cnoc2-c2cc(C)c(C)c(OC)c2)cc1. The van der Waals surface area contributed by atoms with Crippen molar-refractivity contribution in [3.8, 4) is 28.2 Å². The fourth-order valence-electron chi connectivity index (χ4n) is 2.73. The van der Waals surface area contributed by atoms with E-state index in [0.717, 1.165) is 33.6 Å². The second kappa shape index (κ2) is 6.81. The lowest BCUT2D eigenvalue weighted by Crippen LogP contribution is -2.00. The third kappa shape index (κ3) is 3.13. The Kier molecular flexibility index (Phi) is 4.57. The number of benzene rings is 2. The second-order valence-corrected chi connectivity index (χ2v) is 5.76. The first-order valence-corrected chi connectivity index (χ1v) is 7.84. The van der Waals surface area contributed by atoms with Crippen molar-refractivity contribution in [3.05, 3.63) is 59.3 Å². The van der Waals surface area contributed by atoms with Gasteiger partial charge in [0, 0.05) is 11.1 Å². The van der Waals surface area contributed by atoms with Crippen molar-refractivity contribution in [1.29, 1.82) is 0 Å². The number of carbonyl (C=O) groups excluding carboxylic acids is 1. The summed E-state index contributed by atoms with van der Waals surface area (Å²) in [6.07, 6.45) is 1.67. The van der Waals surface area contributed by atoms with Gasteiger partial charge < -0.3 is 14.0 Å². The highest BCUT2D eigenvalue weighted by Gasteiger charge is 2.16. The largest absolute Gasteiger partial charge is 0.496 e. The van der Waals surface area contributed by atoms with Crippen LogP contribution in [0.25, 0.3) is 22.5 Å². The van der Waals surface area contributed by atoms with Crippen LogP contribution in [0, 0.1) is 13.8 Å². The molecule has 0 amide bonds. The molecule has 0 saturated carbocycles. The van der Waals surface area contributed by atoms with E-state index in [1.165, 1.54) is 7.11 Å². The summed E-state index contributed by atoms with van der Waals surface area (Å²) in [6, 6.07) is 11.1. The van der Waals surface area contributed by atoms with Crippen LogP contribution < -0.4 is 4.74 Å². The molecule has 5 nitrogen and oxygen atoms in total. The van der Waals surface area contributed by atoms with Crippen LogP contribution in [-0.4, -0.2) is 25.3 Å². The number of aromatic nitrogens is 1. The second-order valence-electron chi connectivity index (χ2n) is 5.76. The van der Waals surface area contributed by atoms with Crippen LogP contribution in [0.3, 0.4) is 0 Å². The van der Waals surface area contributed by atoms with E-state index < -0.39 is 0 Å². The third-order valence-corrected chi connectivity index (χ3v) is 4.29. The summed E-state index contributed by atoms with van der Waals surface area (Å²) in [4.78, 5) is 11.6. The molecule has 0 fully saturated rings.